The van der Waals surface area contributed by atoms with E-state index in [4.69, 9.17) is 15.2 Å². The number of ketones is 1. The maximum atomic E-state index is 12.4. The normalized spacial score (nSPS) is 10.5. The second-order valence-corrected chi connectivity index (χ2v) is 6.40. The predicted octanol–water partition coefficient (Wildman–Crippen LogP) is 1.50. The number of aromatic nitrogens is 2. The Morgan fingerprint density at radius 3 is 2.13 bits per heavy atom. The molecule has 0 fully saturated rings. The molecule has 3 aromatic rings. The largest absolute Gasteiger partial charge is 0.457 e. The van der Waals surface area contributed by atoms with Crippen LogP contribution in [0.2, 0.25) is 0 Å². The number of nitrogens with two attached hydrogens (primary N) is 1. The van der Waals surface area contributed by atoms with Gasteiger partial charge in [-0.1, -0.05) is 18.2 Å². The third-order valence-corrected chi connectivity index (χ3v) is 4.39. The summed E-state index contributed by atoms with van der Waals surface area (Å²) in [6.45, 7) is -0.696. The molecule has 2 N–H and O–H groups in total. The average molecular weight is 409 g/mol. The van der Waals surface area contributed by atoms with E-state index >= 15 is 0 Å². The van der Waals surface area contributed by atoms with Crippen LogP contribution in [-0.4, -0.2) is 27.5 Å². The molecule has 0 unspecified atom stereocenters. The molecular weight excluding hydrogens is 390 g/mol. The Bertz CT molecular complexity index is 1210. The highest BCUT2D eigenvalue weighted by Crippen LogP contribution is 2.21. The number of ether oxygens (including phenoxy) is 2. The Morgan fingerprint density at radius 1 is 0.900 bits per heavy atom. The van der Waals surface area contributed by atoms with Crippen molar-refractivity contribution in [3.8, 4) is 11.5 Å². The van der Waals surface area contributed by atoms with Gasteiger partial charge in [0.05, 0.1) is 5.56 Å². The summed E-state index contributed by atoms with van der Waals surface area (Å²) in [6, 6.07) is 15.3. The summed E-state index contributed by atoms with van der Waals surface area (Å²) < 4.78 is 12.4. The van der Waals surface area contributed by atoms with E-state index in [0.717, 1.165) is 9.13 Å². The van der Waals surface area contributed by atoms with Crippen LogP contribution in [0, 0.1) is 0 Å². The fourth-order valence-electron chi connectivity index (χ4n) is 2.69. The van der Waals surface area contributed by atoms with Crippen molar-refractivity contribution >= 4 is 17.6 Å². The first-order chi connectivity index (χ1) is 14.3. The van der Waals surface area contributed by atoms with E-state index in [0.29, 0.717) is 11.5 Å². The molecule has 3 rings (SSSR count). The zero-order valence-corrected chi connectivity index (χ0v) is 16.3. The molecule has 0 bridgehead atoms. The van der Waals surface area contributed by atoms with Crippen molar-refractivity contribution < 1.29 is 19.1 Å². The molecule has 1 aromatic heterocycles. The average Bonchev–Trinajstić information content (AvgIpc) is 2.76. The lowest BCUT2D eigenvalue weighted by atomic mass is 10.2. The third-order valence-electron chi connectivity index (χ3n) is 4.39. The quantitative estimate of drug-likeness (QED) is 0.483. The number of para-hydroxylation sites is 1. The highest BCUT2D eigenvalue weighted by molar-refractivity contribution is 6.02. The molecule has 0 saturated carbocycles. The fourth-order valence-corrected chi connectivity index (χ4v) is 2.69. The number of hydrogen-bond acceptors (Lipinski definition) is 7. The van der Waals surface area contributed by atoms with Crippen LogP contribution in [0.5, 0.6) is 11.5 Å². The van der Waals surface area contributed by atoms with E-state index in [1.165, 1.54) is 26.2 Å². The molecule has 0 aliphatic heterocycles. The van der Waals surface area contributed by atoms with Crippen molar-refractivity contribution in [3.63, 3.8) is 0 Å². The molecule has 1 heterocycles. The standard InChI is InChI=1S/C21H19N3O6/c1-23-18(22)17(19(26)24(2)21(23)28)16(25)12-29-20(27)13-8-10-15(11-9-13)30-14-6-4-3-5-7-14/h3-11H,12,22H2,1-2H3. The van der Waals surface area contributed by atoms with Gasteiger partial charge in [0.25, 0.3) is 5.56 Å². The molecule has 2 aromatic carbocycles. The molecule has 9 heteroatoms. The Hall–Kier alpha value is -4.14. The van der Waals surface area contributed by atoms with Crippen molar-refractivity contribution in [2.45, 2.75) is 0 Å². The van der Waals surface area contributed by atoms with E-state index in [9.17, 15) is 19.2 Å². The van der Waals surface area contributed by atoms with Crippen molar-refractivity contribution in [2.75, 3.05) is 12.3 Å². The topological polar surface area (TPSA) is 123 Å². The van der Waals surface area contributed by atoms with Gasteiger partial charge in [-0.15, -0.1) is 0 Å². The Labute approximate surface area is 170 Å². The number of nitrogens with zero attached hydrogens (tertiary/aromatic N) is 2. The molecule has 0 aliphatic rings. The molecule has 0 atom stereocenters. The highest BCUT2D eigenvalue weighted by atomic mass is 16.5. The lowest BCUT2D eigenvalue weighted by Gasteiger charge is -2.11. The van der Waals surface area contributed by atoms with Gasteiger partial charge in [-0.05, 0) is 36.4 Å². The van der Waals surface area contributed by atoms with E-state index < -0.39 is 35.2 Å². The molecule has 30 heavy (non-hydrogen) atoms. The number of hydrogen-bond donors (Lipinski definition) is 1. The van der Waals surface area contributed by atoms with Crippen molar-refractivity contribution in [1.82, 2.24) is 9.13 Å². The minimum atomic E-state index is -0.848. The maximum absolute atomic E-state index is 12.4. The summed E-state index contributed by atoms with van der Waals surface area (Å²) in [4.78, 5) is 48.6. The van der Waals surface area contributed by atoms with Crippen LogP contribution in [-0.2, 0) is 18.8 Å². The predicted molar refractivity (Wildman–Crippen MR) is 109 cm³/mol. The van der Waals surface area contributed by atoms with E-state index in [-0.39, 0.29) is 11.4 Å². The van der Waals surface area contributed by atoms with Crippen molar-refractivity contribution in [3.05, 3.63) is 86.6 Å². The number of rotatable bonds is 6. The first-order valence-corrected chi connectivity index (χ1v) is 8.88. The molecule has 9 nitrogen and oxygen atoms in total. The zero-order chi connectivity index (χ0) is 21.8. The molecule has 0 aliphatic carbocycles. The van der Waals surface area contributed by atoms with Crippen molar-refractivity contribution in [1.29, 1.82) is 0 Å². The summed E-state index contributed by atoms with van der Waals surface area (Å²) in [5, 5.41) is 0. The summed E-state index contributed by atoms with van der Waals surface area (Å²) in [6.07, 6.45) is 0. The zero-order valence-electron chi connectivity index (χ0n) is 16.3. The molecule has 0 spiro atoms. The van der Waals surface area contributed by atoms with Crippen LogP contribution in [0.4, 0.5) is 5.82 Å². The number of carbonyl (C=O) groups is 2. The molecule has 0 saturated heterocycles. The second-order valence-electron chi connectivity index (χ2n) is 6.40. The second kappa shape index (κ2) is 8.48. The van der Waals surface area contributed by atoms with Crippen molar-refractivity contribution in [2.24, 2.45) is 14.1 Å². The highest BCUT2D eigenvalue weighted by Gasteiger charge is 2.21. The molecule has 154 valence electrons. The minimum Gasteiger partial charge on any atom is -0.457 e. The number of anilines is 1. The van der Waals surface area contributed by atoms with Crippen LogP contribution in [0.1, 0.15) is 20.7 Å². The first-order valence-electron chi connectivity index (χ1n) is 8.88. The lowest BCUT2D eigenvalue weighted by molar-refractivity contribution is 0.0474. The fraction of sp³-hybridized carbons (Fsp3) is 0.143. The smallest absolute Gasteiger partial charge is 0.338 e. The maximum Gasteiger partial charge on any atom is 0.338 e. The molecule has 0 amide bonds. The molecule has 0 radical (unpaired) electrons. The number of nitrogen functional groups attached to an aromatic ring is 1. The van der Waals surface area contributed by atoms with Gasteiger partial charge < -0.3 is 15.2 Å². The van der Waals surface area contributed by atoms with E-state index in [2.05, 4.69) is 0 Å². The van der Waals surface area contributed by atoms with Crippen LogP contribution in [0.3, 0.4) is 0 Å². The number of esters is 1. The molecular formula is C21H19N3O6. The number of benzene rings is 2. The minimum absolute atomic E-state index is 0.199. The Morgan fingerprint density at radius 2 is 1.50 bits per heavy atom. The van der Waals surface area contributed by atoms with Gasteiger partial charge in [0.2, 0.25) is 5.78 Å². The third kappa shape index (κ3) is 4.14. The Balaban J connectivity index is 1.68. The lowest BCUT2D eigenvalue weighted by Crippen LogP contribution is -2.42. The first kappa shape index (κ1) is 20.6. The summed E-state index contributed by atoms with van der Waals surface area (Å²) in [7, 11) is 2.56. The summed E-state index contributed by atoms with van der Waals surface area (Å²) in [5.74, 6) is -0.673. The van der Waals surface area contributed by atoms with Crippen LogP contribution < -0.4 is 21.7 Å². The number of carbonyl (C=O) groups excluding carboxylic acids is 2. The van der Waals surface area contributed by atoms with Gasteiger partial charge in [-0.3, -0.25) is 18.7 Å². The SMILES string of the molecule is Cn1c(N)c(C(=O)COC(=O)c2ccc(Oc3ccccc3)cc2)c(=O)n(C)c1=O. The van der Waals surface area contributed by atoms with Gasteiger partial charge >= 0.3 is 11.7 Å². The Kier molecular flexibility index (Phi) is 5.82. The van der Waals surface area contributed by atoms with Gasteiger partial charge in [-0.25, -0.2) is 9.59 Å². The summed E-state index contributed by atoms with van der Waals surface area (Å²) in [5.41, 5.74) is 4.01. The monoisotopic (exact) mass is 409 g/mol. The van der Waals surface area contributed by atoms with Crippen LogP contribution >= 0.6 is 0 Å². The van der Waals surface area contributed by atoms with E-state index in [1.54, 1.807) is 24.3 Å². The van der Waals surface area contributed by atoms with Gasteiger partial charge in [-0.2, -0.15) is 0 Å². The number of Topliss-reactive ketones (excluding diaryl/α,β-unsaturated/α-hetero) is 1. The van der Waals surface area contributed by atoms with Crippen LogP contribution in [0.15, 0.2) is 64.2 Å². The van der Waals surface area contributed by atoms with E-state index in [1.807, 2.05) is 18.2 Å². The van der Waals surface area contributed by atoms with Gasteiger partial charge in [0, 0.05) is 14.1 Å². The summed E-state index contributed by atoms with van der Waals surface area (Å²) >= 11 is 0. The van der Waals surface area contributed by atoms with Crippen LogP contribution in [0.25, 0.3) is 0 Å². The van der Waals surface area contributed by atoms with Gasteiger partial charge in [0.1, 0.15) is 22.9 Å². The van der Waals surface area contributed by atoms with Gasteiger partial charge in [0.15, 0.2) is 6.61 Å².